The van der Waals surface area contributed by atoms with E-state index in [1.807, 2.05) is 9.80 Å². The van der Waals surface area contributed by atoms with Gasteiger partial charge in [-0.15, -0.1) is 0 Å². The van der Waals surface area contributed by atoms with Gasteiger partial charge in [-0.1, -0.05) is 27.7 Å². The Morgan fingerprint density at radius 2 is 1.96 bits per heavy atom. The lowest BCUT2D eigenvalue weighted by Gasteiger charge is -2.26. The summed E-state index contributed by atoms with van der Waals surface area (Å²) in [5, 5.41) is 3.01. The monoisotopic (exact) mass is 337 g/mol. The maximum atomic E-state index is 12.6. The highest BCUT2D eigenvalue weighted by atomic mass is 16.2. The Morgan fingerprint density at radius 3 is 2.50 bits per heavy atom. The second-order valence-corrected chi connectivity index (χ2v) is 8.81. The standard InChI is InChI=1S/C19H35N3O2/c1-14-8-11-21(13-14)18(24)20-9-6-7-10-22-15(2)12-16(17(22)23)19(3,4)5/h14-16H,6-13H2,1-5H3,(H,20,24)/t14-,15?,16?/m0/s1. The second-order valence-electron chi connectivity index (χ2n) is 8.81. The highest BCUT2D eigenvalue weighted by molar-refractivity contribution is 5.82. The molecule has 0 bridgehead atoms. The Balaban J connectivity index is 1.65. The number of hydrogen-bond acceptors (Lipinski definition) is 2. The summed E-state index contributed by atoms with van der Waals surface area (Å²) >= 11 is 0. The molecule has 0 aromatic rings. The van der Waals surface area contributed by atoms with E-state index in [1.165, 1.54) is 0 Å². The molecule has 5 heteroatoms. The molecule has 0 aromatic heterocycles. The normalized spacial score (nSPS) is 27.9. The molecular formula is C19H35N3O2. The average Bonchev–Trinajstić information content (AvgIpc) is 3.03. The summed E-state index contributed by atoms with van der Waals surface area (Å²) in [6, 6.07) is 0.403. The minimum absolute atomic E-state index is 0.0426. The number of nitrogens with one attached hydrogen (secondary N) is 1. The van der Waals surface area contributed by atoms with Crippen molar-refractivity contribution < 1.29 is 9.59 Å². The van der Waals surface area contributed by atoms with Gasteiger partial charge in [0.2, 0.25) is 5.91 Å². The number of amides is 3. The Bertz CT molecular complexity index is 458. The molecule has 2 fully saturated rings. The molecule has 1 N–H and O–H groups in total. The van der Waals surface area contributed by atoms with Crippen LogP contribution in [0.1, 0.15) is 60.3 Å². The number of urea groups is 1. The number of carbonyl (C=O) groups excluding carboxylic acids is 2. The van der Waals surface area contributed by atoms with Crippen LogP contribution in [0.4, 0.5) is 4.79 Å². The van der Waals surface area contributed by atoms with Gasteiger partial charge in [0.15, 0.2) is 0 Å². The van der Waals surface area contributed by atoms with Crippen molar-refractivity contribution in [3.63, 3.8) is 0 Å². The third-order valence-electron chi connectivity index (χ3n) is 5.55. The Hall–Kier alpha value is -1.26. The number of likely N-dealkylation sites (tertiary alicyclic amines) is 2. The lowest BCUT2D eigenvalue weighted by molar-refractivity contribution is -0.134. The smallest absolute Gasteiger partial charge is 0.317 e. The molecule has 2 aliphatic rings. The first kappa shape index (κ1) is 19.1. The van der Waals surface area contributed by atoms with Crippen molar-refractivity contribution in [2.45, 2.75) is 66.3 Å². The minimum atomic E-state index is 0.0426. The van der Waals surface area contributed by atoms with Crippen molar-refractivity contribution >= 4 is 11.9 Å². The maximum absolute atomic E-state index is 12.6. The van der Waals surface area contributed by atoms with Crippen molar-refractivity contribution in [1.29, 1.82) is 0 Å². The summed E-state index contributed by atoms with van der Waals surface area (Å²) < 4.78 is 0. The molecule has 0 saturated carbocycles. The highest BCUT2D eigenvalue weighted by Gasteiger charge is 2.42. The first-order chi connectivity index (χ1) is 11.2. The molecular weight excluding hydrogens is 302 g/mol. The summed E-state index contributed by atoms with van der Waals surface area (Å²) in [5.41, 5.74) is 0.0426. The van der Waals surface area contributed by atoms with E-state index in [0.29, 0.717) is 24.4 Å². The topological polar surface area (TPSA) is 52.7 Å². The van der Waals surface area contributed by atoms with Crippen molar-refractivity contribution in [2.75, 3.05) is 26.2 Å². The number of nitrogens with zero attached hydrogens (tertiary/aromatic N) is 2. The quantitative estimate of drug-likeness (QED) is 0.784. The van der Waals surface area contributed by atoms with E-state index in [2.05, 4.69) is 39.9 Å². The Labute approximate surface area is 147 Å². The molecule has 3 amide bonds. The largest absolute Gasteiger partial charge is 0.340 e. The van der Waals surface area contributed by atoms with Gasteiger partial charge in [-0.05, 0) is 43.9 Å². The van der Waals surface area contributed by atoms with Crippen LogP contribution in [0, 0.1) is 17.3 Å². The van der Waals surface area contributed by atoms with Crippen LogP contribution in [0.2, 0.25) is 0 Å². The van der Waals surface area contributed by atoms with Gasteiger partial charge in [-0.2, -0.15) is 0 Å². The molecule has 24 heavy (non-hydrogen) atoms. The van der Waals surface area contributed by atoms with Gasteiger partial charge in [-0.25, -0.2) is 4.79 Å². The van der Waals surface area contributed by atoms with Crippen LogP contribution in [-0.2, 0) is 4.79 Å². The summed E-state index contributed by atoms with van der Waals surface area (Å²) in [6.07, 6.45) is 3.94. The van der Waals surface area contributed by atoms with Crippen molar-refractivity contribution in [3.05, 3.63) is 0 Å². The van der Waals surface area contributed by atoms with E-state index in [-0.39, 0.29) is 17.4 Å². The van der Waals surface area contributed by atoms with Crippen LogP contribution in [0.25, 0.3) is 0 Å². The predicted molar refractivity (Wildman–Crippen MR) is 96.7 cm³/mol. The van der Waals surface area contributed by atoms with E-state index < -0.39 is 0 Å². The molecule has 0 spiro atoms. The van der Waals surface area contributed by atoms with Crippen LogP contribution >= 0.6 is 0 Å². The molecule has 2 saturated heterocycles. The zero-order valence-corrected chi connectivity index (χ0v) is 16.1. The lowest BCUT2D eigenvalue weighted by Crippen LogP contribution is -2.39. The molecule has 2 aliphatic heterocycles. The van der Waals surface area contributed by atoms with Crippen molar-refractivity contribution in [3.8, 4) is 0 Å². The maximum Gasteiger partial charge on any atom is 0.317 e. The van der Waals surface area contributed by atoms with Gasteiger partial charge < -0.3 is 15.1 Å². The predicted octanol–water partition coefficient (Wildman–Crippen LogP) is 3.10. The summed E-state index contributed by atoms with van der Waals surface area (Å²) in [5.74, 6) is 1.07. The molecule has 0 aromatic carbocycles. The molecule has 5 nitrogen and oxygen atoms in total. The molecule has 0 radical (unpaired) electrons. The third-order valence-corrected chi connectivity index (χ3v) is 5.55. The number of carbonyl (C=O) groups is 2. The molecule has 2 unspecified atom stereocenters. The van der Waals surface area contributed by atoms with Gasteiger partial charge in [0.25, 0.3) is 0 Å². The molecule has 0 aliphatic carbocycles. The number of hydrogen-bond donors (Lipinski definition) is 1. The van der Waals surface area contributed by atoms with Gasteiger partial charge in [0.05, 0.1) is 0 Å². The van der Waals surface area contributed by atoms with Crippen LogP contribution in [0.15, 0.2) is 0 Å². The Kier molecular flexibility index (Phi) is 6.16. The number of unbranched alkanes of at least 4 members (excludes halogenated alkanes) is 1. The van der Waals surface area contributed by atoms with Gasteiger partial charge in [0, 0.05) is 38.1 Å². The highest BCUT2D eigenvalue weighted by Crippen LogP contribution is 2.37. The van der Waals surface area contributed by atoms with Crippen LogP contribution in [-0.4, -0.2) is 54.0 Å². The first-order valence-electron chi connectivity index (χ1n) is 9.53. The van der Waals surface area contributed by atoms with Crippen molar-refractivity contribution in [1.82, 2.24) is 15.1 Å². The van der Waals surface area contributed by atoms with Crippen LogP contribution in [0.5, 0.6) is 0 Å². The average molecular weight is 338 g/mol. The fourth-order valence-electron chi connectivity index (χ4n) is 3.87. The van der Waals surface area contributed by atoms with Gasteiger partial charge in [-0.3, -0.25) is 4.79 Å². The summed E-state index contributed by atoms with van der Waals surface area (Å²) in [4.78, 5) is 28.6. The fourth-order valence-corrected chi connectivity index (χ4v) is 3.87. The van der Waals surface area contributed by atoms with Gasteiger partial charge >= 0.3 is 6.03 Å². The molecule has 138 valence electrons. The fraction of sp³-hybridized carbons (Fsp3) is 0.895. The van der Waals surface area contributed by atoms with E-state index in [0.717, 1.165) is 45.3 Å². The zero-order chi connectivity index (χ0) is 17.9. The van der Waals surface area contributed by atoms with Crippen molar-refractivity contribution in [2.24, 2.45) is 17.3 Å². The van der Waals surface area contributed by atoms with E-state index in [4.69, 9.17) is 0 Å². The molecule has 2 heterocycles. The van der Waals surface area contributed by atoms with E-state index in [1.54, 1.807) is 0 Å². The summed E-state index contributed by atoms with van der Waals surface area (Å²) in [6.45, 7) is 14.1. The second kappa shape index (κ2) is 7.75. The zero-order valence-electron chi connectivity index (χ0n) is 16.1. The summed E-state index contributed by atoms with van der Waals surface area (Å²) in [7, 11) is 0. The van der Waals surface area contributed by atoms with Crippen LogP contribution < -0.4 is 5.32 Å². The van der Waals surface area contributed by atoms with Gasteiger partial charge in [0.1, 0.15) is 0 Å². The van der Waals surface area contributed by atoms with E-state index >= 15 is 0 Å². The molecule has 2 rings (SSSR count). The number of rotatable bonds is 5. The lowest BCUT2D eigenvalue weighted by atomic mass is 9.79. The Morgan fingerprint density at radius 1 is 1.25 bits per heavy atom. The van der Waals surface area contributed by atoms with E-state index in [9.17, 15) is 9.59 Å². The minimum Gasteiger partial charge on any atom is -0.340 e. The SMILES string of the molecule is CC1CC(C(C)(C)C)C(=O)N1CCCCNC(=O)N1CC[C@H](C)C1. The first-order valence-corrected chi connectivity index (χ1v) is 9.53. The van der Waals surface area contributed by atoms with Crippen LogP contribution in [0.3, 0.4) is 0 Å². The molecule has 3 atom stereocenters. The third kappa shape index (κ3) is 4.64.